The summed E-state index contributed by atoms with van der Waals surface area (Å²) in [6, 6.07) is 17.2. The second kappa shape index (κ2) is 11.7. The van der Waals surface area contributed by atoms with Crippen LogP contribution in [0.3, 0.4) is 0 Å². The molecule has 3 N–H and O–H groups in total. The molecule has 0 aromatic heterocycles. The number of anilines is 3. The Kier molecular flexibility index (Phi) is 8.75. The lowest BCUT2D eigenvalue weighted by molar-refractivity contribution is 0.101. The first-order valence-electron chi connectivity index (χ1n) is 10.6. The minimum Gasteiger partial charge on any atom is -0.322 e. The number of carbonyl (C=O) groups excluding carboxylic acids is 2. The van der Waals surface area contributed by atoms with Crippen molar-refractivity contribution in [1.29, 1.82) is 0 Å². The molecule has 10 heteroatoms. The van der Waals surface area contributed by atoms with Crippen LogP contribution in [0.2, 0.25) is 5.02 Å². The molecule has 0 bridgehead atoms. The summed E-state index contributed by atoms with van der Waals surface area (Å²) in [6.07, 6.45) is 0. The van der Waals surface area contributed by atoms with Crippen LogP contribution >= 0.6 is 11.6 Å². The van der Waals surface area contributed by atoms with Gasteiger partial charge in [0.25, 0.3) is 11.8 Å². The lowest BCUT2D eigenvalue weighted by Crippen LogP contribution is -2.23. The van der Waals surface area contributed by atoms with Crippen molar-refractivity contribution in [2.45, 2.75) is 13.8 Å². The van der Waals surface area contributed by atoms with Gasteiger partial charge in [0.15, 0.2) is 11.2 Å². The van der Waals surface area contributed by atoms with Gasteiger partial charge in [-0.3, -0.25) is 13.9 Å². The summed E-state index contributed by atoms with van der Waals surface area (Å²) in [5.74, 6) is -1.76. The van der Waals surface area contributed by atoms with E-state index >= 15 is 0 Å². The van der Waals surface area contributed by atoms with Crippen molar-refractivity contribution in [3.8, 4) is 0 Å². The Morgan fingerprint density at radius 3 is 2.38 bits per heavy atom. The third-order valence-corrected chi connectivity index (χ3v) is 6.31. The van der Waals surface area contributed by atoms with Gasteiger partial charge in [0.05, 0.1) is 22.0 Å². The van der Waals surface area contributed by atoms with E-state index in [9.17, 15) is 18.2 Å². The number of amides is 2. The van der Waals surface area contributed by atoms with Crippen LogP contribution in [0.1, 0.15) is 34.6 Å². The summed E-state index contributed by atoms with van der Waals surface area (Å²) < 4.78 is 30.7. The molecule has 1 atom stereocenters. The maximum absolute atomic E-state index is 14.6. The molecule has 0 radical (unpaired) electrons. The molecule has 0 saturated carbocycles. The molecule has 7 nitrogen and oxygen atoms in total. The van der Waals surface area contributed by atoms with Crippen LogP contribution in [0.5, 0.6) is 0 Å². The van der Waals surface area contributed by atoms with Gasteiger partial charge in [-0.2, -0.15) is 0 Å². The lowest BCUT2D eigenvalue weighted by atomic mass is 10.1. The molecule has 4 rings (SSSR count). The van der Waals surface area contributed by atoms with E-state index in [1.165, 1.54) is 34.6 Å². The van der Waals surface area contributed by atoms with Gasteiger partial charge in [-0.15, -0.1) is 0 Å². The predicted octanol–water partition coefficient (Wildman–Crippen LogP) is 5.00. The summed E-state index contributed by atoms with van der Waals surface area (Å²) in [4.78, 5) is 25.0. The largest absolute Gasteiger partial charge is 0.322 e. The minimum absolute atomic E-state index is 0.170. The Hall–Kier alpha value is -3.27. The third kappa shape index (κ3) is 5.99. The van der Waals surface area contributed by atoms with Crippen molar-refractivity contribution in [2.24, 2.45) is 0 Å². The Balaban J connectivity index is 0.00000158. The quantitative estimate of drug-likeness (QED) is 0.458. The molecule has 1 fully saturated rings. The highest BCUT2D eigenvalue weighted by Crippen LogP contribution is 2.27. The summed E-state index contributed by atoms with van der Waals surface area (Å²) in [5.41, 5.74) is 1.33. The first kappa shape index (κ1) is 25.4. The smallest absolute Gasteiger partial charge is 0.258 e. The summed E-state index contributed by atoms with van der Waals surface area (Å²) in [6.45, 7) is 5.00. The van der Waals surface area contributed by atoms with Crippen LogP contribution in [0.25, 0.3) is 0 Å². The van der Waals surface area contributed by atoms with Crippen LogP contribution < -0.4 is 19.7 Å². The maximum Gasteiger partial charge on any atom is 0.258 e. The number of nitrogens with zero attached hydrogens (tertiary/aromatic N) is 1. The highest BCUT2D eigenvalue weighted by Gasteiger charge is 2.22. The topological polar surface area (TPSA) is 90.5 Å². The molecule has 1 aliphatic heterocycles. The third-order valence-electron chi connectivity index (χ3n) is 4.73. The van der Waals surface area contributed by atoms with Gasteiger partial charge in [0.2, 0.25) is 0 Å². The fourth-order valence-corrected chi connectivity index (χ4v) is 4.29. The summed E-state index contributed by atoms with van der Waals surface area (Å²) >= 11 is 4.75. The van der Waals surface area contributed by atoms with E-state index in [2.05, 4.69) is 15.4 Å². The van der Waals surface area contributed by atoms with Gasteiger partial charge in [0.1, 0.15) is 5.82 Å². The van der Waals surface area contributed by atoms with E-state index in [4.69, 9.17) is 11.6 Å². The molecule has 1 aliphatic rings. The summed E-state index contributed by atoms with van der Waals surface area (Å²) in [7, 11) is 0. The molecule has 1 saturated heterocycles. The number of nitrogens with one attached hydrogen (secondary N) is 3. The fourth-order valence-electron chi connectivity index (χ4n) is 3.14. The van der Waals surface area contributed by atoms with Crippen LogP contribution in [0.15, 0.2) is 66.7 Å². The van der Waals surface area contributed by atoms with E-state index in [0.29, 0.717) is 35.7 Å². The standard InChI is InChI=1S/C22H18ClFN4O3S.C2H6/c23-18-9-6-15(12-20(18)27-21(29)14-4-2-1-3-5-14)26-22(30)17-8-7-16(13-19(17)24)28-11-10-25-32(28)31;1-2/h1-9,12-13,25H,10-11H2,(H,26,30)(H,27,29);1-2H3. The molecule has 0 spiro atoms. The molecule has 1 heterocycles. The van der Waals surface area contributed by atoms with Crippen LogP contribution in [0, 0.1) is 5.82 Å². The zero-order chi connectivity index (χ0) is 24.7. The molecule has 0 aliphatic carbocycles. The van der Waals surface area contributed by atoms with Crippen LogP contribution in [-0.2, 0) is 11.2 Å². The first-order valence-corrected chi connectivity index (χ1v) is 12.1. The van der Waals surface area contributed by atoms with E-state index in [1.54, 1.807) is 36.4 Å². The molecule has 1 unspecified atom stereocenters. The Morgan fingerprint density at radius 1 is 1.00 bits per heavy atom. The van der Waals surface area contributed by atoms with E-state index < -0.39 is 22.9 Å². The number of benzene rings is 3. The molecule has 3 aromatic carbocycles. The van der Waals surface area contributed by atoms with Gasteiger partial charge in [-0.25, -0.2) is 13.3 Å². The van der Waals surface area contributed by atoms with E-state index in [0.717, 1.165) is 0 Å². The van der Waals surface area contributed by atoms with Gasteiger partial charge >= 0.3 is 0 Å². The first-order chi connectivity index (χ1) is 16.4. The number of hydrogen-bond acceptors (Lipinski definition) is 3. The number of carbonyl (C=O) groups is 2. The Labute approximate surface area is 205 Å². The second-order valence-electron chi connectivity index (χ2n) is 6.88. The average Bonchev–Trinajstić information content (AvgIpc) is 3.28. The second-order valence-corrected chi connectivity index (χ2v) is 8.51. The van der Waals surface area contributed by atoms with Crippen molar-refractivity contribution in [3.05, 3.63) is 88.7 Å². The predicted molar refractivity (Wildman–Crippen MR) is 135 cm³/mol. The highest BCUT2D eigenvalue weighted by molar-refractivity contribution is 7.84. The molecular formula is C24H24ClFN4O3S. The van der Waals surface area contributed by atoms with Crippen molar-refractivity contribution in [1.82, 2.24) is 4.72 Å². The molecule has 2 amide bonds. The molecule has 34 heavy (non-hydrogen) atoms. The zero-order valence-electron chi connectivity index (χ0n) is 18.6. The van der Waals surface area contributed by atoms with Gasteiger partial charge in [0, 0.05) is 24.3 Å². The molecule has 3 aromatic rings. The zero-order valence-corrected chi connectivity index (χ0v) is 20.2. The number of halogens is 2. The van der Waals surface area contributed by atoms with Crippen LogP contribution in [0.4, 0.5) is 21.5 Å². The monoisotopic (exact) mass is 502 g/mol. The fraction of sp³-hybridized carbons (Fsp3) is 0.167. The van der Waals surface area contributed by atoms with Crippen molar-refractivity contribution in [2.75, 3.05) is 28.0 Å². The van der Waals surface area contributed by atoms with E-state index in [-0.39, 0.29) is 16.5 Å². The Morgan fingerprint density at radius 2 is 1.74 bits per heavy atom. The van der Waals surface area contributed by atoms with Crippen LogP contribution in [-0.4, -0.2) is 29.1 Å². The SMILES string of the molecule is CC.O=C(Nc1cc(NC(=O)c2ccc(N3CCNS3=O)cc2F)ccc1Cl)c1ccccc1. The number of hydrogen-bond donors (Lipinski definition) is 3. The highest BCUT2D eigenvalue weighted by atomic mass is 35.5. The minimum atomic E-state index is -1.42. The molecular weight excluding hydrogens is 479 g/mol. The lowest BCUT2D eigenvalue weighted by Gasteiger charge is -2.16. The number of rotatable bonds is 5. The van der Waals surface area contributed by atoms with Crippen molar-refractivity contribution in [3.63, 3.8) is 0 Å². The van der Waals surface area contributed by atoms with Crippen molar-refractivity contribution < 1.29 is 18.2 Å². The van der Waals surface area contributed by atoms with Gasteiger partial charge in [-0.1, -0.05) is 43.6 Å². The van der Waals surface area contributed by atoms with Gasteiger partial charge < -0.3 is 10.6 Å². The van der Waals surface area contributed by atoms with E-state index in [1.807, 2.05) is 13.8 Å². The van der Waals surface area contributed by atoms with Gasteiger partial charge in [-0.05, 0) is 48.5 Å². The summed E-state index contributed by atoms with van der Waals surface area (Å²) in [5, 5.41) is 5.59. The van der Waals surface area contributed by atoms with Crippen molar-refractivity contribution >= 4 is 51.6 Å². The average molecular weight is 503 g/mol. The molecule has 178 valence electrons. The maximum atomic E-state index is 14.6. The normalized spacial score (nSPS) is 14.7. The Bertz CT molecular complexity index is 1210.